The third-order valence-electron chi connectivity index (χ3n) is 6.08. The molecule has 1 aliphatic heterocycles. The van der Waals surface area contributed by atoms with E-state index < -0.39 is 0 Å². The lowest BCUT2D eigenvalue weighted by Crippen LogP contribution is -2.48. The van der Waals surface area contributed by atoms with Crippen molar-refractivity contribution >= 4 is 11.6 Å². The second-order valence-corrected chi connectivity index (χ2v) is 8.81. The largest absolute Gasteiger partial charge is 0.495 e. The number of amides is 1. The summed E-state index contributed by atoms with van der Waals surface area (Å²) in [6, 6.07) is 16.3. The Morgan fingerprint density at radius 3 is 2.76 bits per heavy atom. The van der Waals surface area contributed by atoms with Crippen molar-refractivity contribution in [3.05, 3.63) is 60.0 Å². The molecule has 3 aromatic rings. The normalized spacial score (nSPS) is 16.1. The van der Waals surface area contributed by atoms with Gasteiger partial charge in [0.1, 0.15) is 5.75 Å². The average Bonchev–Trinajstić information content (AvgIpc) is 3.32. The van der Waals surface area contributed by atoms with E-state index in [0.717, 1.165) is 42.9 Å². The van der Waals surface area contributed by atoms with E-state index in [1.807, 2.05) is 30.3 Å². The van der Waals surface area contributed by atoms with Crippen LogP contribution in [0.1, 0.15) is 50.5 Å². The van der Waals surface area contributed by atoms with Gasteiger partial charge in [-0.2, -0.15) is 4.98 Å². The van der Waals surface area contributed by atoms with Crippen LogP contribution in [0.2, 0.25) is 0 Å². The molecule has 1 amide bonds. The Hall–Kier alpha value is -3.35. The third kappa shape index (κ3) is 5.72. The van der Waals surface area contributed by atoms with Crippen LogP contribution in [0.25, 0.3) is 11.4 Å². The molecule has 0 spiro atoms. The third-order valence-corrected chi connectivity index (χ3v) is 6.08. The summed E-state index contributed by atoms with van der Waals surface area (Å²) in [6.45, 7) is 6.05. The van der Waals surface area contributed by atoms with Crippen molar-refractivity contribution in [3.63, 3.8) is 0 Å². The highest BCUT2D eigenvalue weighted by Gasteiger charge is 2.23. The van der Waals surface area contributed by atoms with Crippen molar-refractivity contribution in [3.8, 4) is 17.1 Å². The Morgan fingerprint density at radius 2 is 2.00 bits per heavy atom. The van der Waals surface area contributed by atoms with Crippen molar-refractivity contribution in [2.24, 2.45) is 0 Å². The maximum atomic E-state index is 12.6. The van der Waals surface area contributed by atoms with E-state index >= 15 is 0 Å². The standard InChI is InChI=1S/C26H32N4O3/c1-18(2)19-10-12-20(13-11-19)26-28-25(33-29-26)15-14-24(31)27-21-7-6-16-30(17-21)22-8-4-5-9-23(22)32-3/h4-5,8-13,18,21H,6-7,14-17H2,1-3H3,(H,27,31). The van der Waals surface area contributed by atoms with Crippen LogP contribution in [0.3, 0.4) is 0 Å². The fourth-order valence-electron chi connectivity index (χ4n) is 4.22. The summed E-state index contributed by atoms with van der Waals surface area (Å²) >= 11 is 0. The minimum atomic E-state index is 0.00270. The Bertz CT molecular complexity index is 1060. The summed E-state index contributed by atoms with van der Waals surface area (Å²) in [5.41, 5.74) is 3.25. The van der Waals surface area contributed by atoms with Crippen molar-refractivity contribution in [2.45, 2.75) is 51.5 Å². The maximum absolute atomic E-state index is 12.6. The zero-order valence-corrected chi connectivity index (χ0v) is 19.6. The number of piperidine rings is 1. The van der Waals surface area contributed by atoms with Crippen LogP contribution in [-0.4, -0.2) is 42.3 Å². The first-order valence-corrected chi connectivity index (χ1v) is 11.6. The molecule has 0 aliphatic carbocycles. The monoisotopic (exact) mass is 448 g/mol. The van der Waals surface area contributed by atoms with Crippen LogP contribution in [0.5, 0.6) is 5.75 Å². The Kier molecular flexibility index (Phi) is 7.27. The van der Waals surface area contributed by atoms with Crippen LogP contribution in [0, 0.1) is 0 Å². The van der Waals surface area contributed by atoms with Crippen molar-refractivity contribution in [1.29, 1.82) is 0 Å². The SMILES string of the molecule is COc1ccccc1N1CCCC(NC(=O)CCc2nc(-c3ccc(C(C)C)cc3)no2)C1. The smallest absolute Gasteiger partial charge is 0.227 e. The van der Waals surface area contributed by atoms with Crippen LogP contribution < -0.4 is 15.0 Å². The van der Waals surface area contributed by atoms with Gasteiger partial charge in [0.05, 0.1) is 12.8 Å². The van der Waals surface area contributed by atoms with Gasteiger partial charge in [-0.3, -0.25) is 4.79 Å². The second kappa shape index (κ2) is 10.5. The molecule has 1 aromatic heterocycles. The van der Waals surface area contributed by atoms with E-state index in [9.17, 15) is 4.79 Å². The first-order chi connectivity index (χ1) is 16.0. The van der Waals surface area contributed by atoms with Gasteiger partial charge in [-0.05, 0) is 36.5 Å². The minimum Gasteiger partial charge on any atom is -0.495 e. The molecule has 7 heteroatoms. The molecule has 2 aromatic carbocycles. The van der Waals surface area contributed by atoms with Crippen LogP contribution in [-0.2, 0) is 11.2 Å². The summed E-state index contributed by atoms with van der Waals surface area (Å²) in [7, 11) is 1.69. The van der Waals surface area contributed by atoms with Crippen molar-refractivity contribution in [2.75, 3.05) is 25.1 Å². The number of hydrogen-bond acceptors (Lipinski definition) is 6. The van der Waals surface area contributed by atoms with E-state index in [2.05, 4.69) is 52.4 Å². The van der Waals surface area contributed by atoms with Crippen LogP contribution >= 0.6 is 0 Å². The van der Waals surface area contributed by atoms with Crippen molar-refractivity contribution in [1.82, 2.24) is 15.5 Å². The number of carbonyl (C=O) groups excluding carboxylic acids is 1. The van der Waals surface area contributed by atoms with E-state index in [4.69, 9.17) is 9.26 Å². The number of carbonyl (C=O) groups is 1. The quantitative estimate of drug-likeness (QED) is 0.543. The summed E-state index contributed by atoms with van der Waals surface area (Å²) < 4.78 is 10.9. The summed E-state index contributed by atoms with van der Waals surface area (Å²) in [5, 5.41) is 7.25. The molecule has 2 heterocycles. The summed E-state index contributed by atoms with van der Waals surface area (Å²) in [4.78, 5) is 19.3. The van der Waals surface area contributed by atoms with E-state index in [-0.39, 0.29) is 11.9 Å². The highest BCUT2D eigenvalue weighted by molar-refractivity contribution is 5.76. The number of nitrogens with zero attached hydrogens (tertiary/aromatic N) is 3. The first kappa shape index (κ1) is 22.8. The molecule has 1 fully saturated rings. The molecule has 4 rings (SSSR count). The number of anilines is 1. The lowest BCUT2D eigenvalue weighted by Gasteiger charge is -2.35. The summed E-state index contributed by atoms with van der Waals surface area (Å²) in [6.07, 6.45) is 2.73. The van der Waals surface area contributed by atoms with Gasteiger partial charge in [-0.1, -0.05) is 55.4 Å². The minimum absolute atomic E-state index is 0.00270. The van der Waals surface area contributed by atoms with E-state index in [1.165, 1.54) is 5.56 Å². The maximum Gasteiger partial charge on any atom is 0.227 e. The molecule has 0 bridgehead atoms. The number of methoxy groups -OCH3 is 1. The van der Waals surface area contributed by atoms with Gasteiger partial charge in [-0.25, -0.2) is 0 Å². The van der Waals surface area contributed by atoms with Gasteiger partial charge in [0.2, 0.25) is 17.6 Å². The predicted octanol–water partition coefficient (Wildman–Crippen LogP) is 4.59. The number of aromatic nitrogens is 2. The second-order valence-electron chi connectivity index (χ2n) is 8.81. The first-order valence-electron chi connectivity index (χ1n) is 11.6. The number of nitrogens with one attached hydrogen (secondary N) is 1. The summed E-state index contributed by atoms with van der Waals surface area (Å²) in [5.74, 6) is 2.37. The molecule has 1 N–H and O–H groups in total. The molecule has 0 saturated carbocycles. The van der Waals surface area contributed by atoms with Gasteiger partial charge < -0.3 is 19.5 Å². The Labute approximate surface area is 195 Å². The highest BCUT2D eigenvalue weighted by atomic mass is 16.5. The molecular formula is C26H32N4O3. The molecule has 0 radical (unpaired) electrons. The number of rotatable bonds is 8. The van der Waals surface area contributed by atoms with Crippen LogP contribution in [0.15, 0.2) is 53.1 Å². The highest BCUT2D eigenvalue weighted by Crippen LogP contribution is 2.30. The zero-order chi connectivity index (χ0) is 23.2. The molecule has 1 unspecified atom stereocenters. The molecule has 1 atom stereocenters. The van der Waals surface area contributed by atoms with Gasteiger partial charge >= 0.3 is 0 Å². The number of aryl methyl sites for hydroxylation is 1. The average molecular weight is 449 g/mol. The van der Waals surface area contributed by atoms with Gasteiger partial charge in [0.25, 0.3) is 0 Å². The molecule has 7 nitrogen and oxygen atoms in total. The molecule has 1 saturated heterocycles. The zero-order valence-electron chi connectivity index (χ0n) is 19.6. The predicted molar refractivity (Wildman–Crippen MR) is 129 cm³/mol. The van der Waals surface area contributed by atoms with Crippen molar-refractivity contribution < 1.29 is 14.1 Å². The number of para-hydroxylation sites is 2. The van der Waals surface area contributed by atoms with Crippen LogP contribution in [0.4, 0.5) is 5.69 Å². The lowest BCUT2D eigenvalue weighted by molar-refractivity contribution is -0.121. The number of ether oxygens (including phenoxy) is 1. The van der Waals surface area contributed by atoms with E-state index in [1.54, 1.807) is 7.11 Å². The fourth-order valence-corrected chi connectivity index (χ4v) is 4.22. The molecule has 174 valence electrons. The van der Waals surface area contributed by atoms with Gasteiger partial charge in [0.15, 0.2) is 0 Å². The van der Waals surface area contributed by atoms with Gasteiger partial charge in [-0.15, -0.1) is 0 Å². The number of benzene rings is 2. The Morgan fingerprint density at radius 1 is 1.21 bits per heavy atom. The number of hydrogen-bond donors (Lipinski definition) is 1. The van der Waals surface area contributed by atoms with Gasteiger partial charge in [0, 0.05) is 37.5 Å². The fraction of sp³-hybridized carbons (Fsp3) is 0.423. The Balaban J connectivity index is 1.29. The molecule has 33 heavy (non-hydrogen) atoms. The lowest BCUT2D eigenvalue weighted by atomic mass is 10.0. The van der Waals surface area contributed by atoms with E-state index in [0.29, 0.717) is 30.5 Å². The molecular weight excluding hydrogens is 416 g/mol. The topological polar surface area (TPSA) is 80.5 Å². The molecule has 1 aliphatic rings.